The number of hydrogen-bond donors (Lipinski definition) is 1. The lowest BCUT2D eigenvalue weighted by Crippen LogP contribution is -2.03. The molecule has 0 saturated heterocycles. The second-order valence-corrected chi connectivity index (χ2v) is 6.21. The molecule has 0 bridgehead atoms. The number of phenolic OH excluding ortho intramolecular Hbond substituents is 1. The van der Waals surface area contributed by atoms with E-state index < -0.39 is 0 Å². The molecule has 0 aliphatic carbocycles. The van der Waals surface area contributed by atoms with E-state index in [2.05, 4.69) is 0 Å². The Morgan fingerprint density at radius 2 is 1.43 bits per heavy atom. The smallest absolute Gasteiger partial charge is 0.137 e. The molecule has 1 aromatic heterocycles. The van der Waals surface area contributed by atoms with Gasteiger partial charge in [-0.1, -0.05) is 0 Å². The molecule has 4 rings (SSSR count). The molecule has 0 aliphatic rings. The zero-order valence-electron chi connectivity index (χ0n) is 15.5. The summed E-state index contributed by atoms with van der Waals surface area (Å²) in [6.07, 6.45) is 0. The summed E-state index contributed by atoms with van der Waals surface area (Å²) in [4.78, 5) is 4.75. The van der Waals surface area contributed by atoms with Crippen LogP contribution in [0.3, 0.4) is 0 Å². The van der Waals surface area contributed by atoms with E-state index in [1.54, 1.807) is 32.4 Å². The molecule has 28 heavy (non-hydrogen) atoms. The van der Waals surface area contributed by atoms with Crippen LogP contribution >= 0.6 is 0 Å². The second kappa shape index (κ2) is 7.48. The first-order chi connectivity index (χ1) is 13.7. The molecule has 0 atom stereocenters. The summed E-state index contributed by atoms with van der Waals surface area (Å²) in [7, 11) is 3.26. The lowest BCUT2D eigenvalue weighted by Gasteiger charge is -2.07. The summed E-state index contributed by atoms with van der Waals surface area (Å²) in [5.41, 5.74) is 2.32. The van der Waals surface area contributed by atoms with Crippen molar-refractivity contribution in [3.8, 4) is 28.6 Å². The van der Waals surface area contributed by atoms with Crippen molar-refractivity contribution in [2.75, 3.05) is 14.2 Å². The molecule has 0 unspecified atom stereocenters. The SMILES string of the molecule is COc1ccc(N=c2cc(-c3ccc(OC)cc3)oc3ccc(O)cc23)cc1. The highest BCUT2D eigenvalue weighted by molar-refractivity contribution is 5.80. The first-order valence-electron chi connectivity index (χ1n) is 8.76. The lowest BCUT2D eigenvalue weighted by molar-refractivity contribution is 0.414. The Labute approximate surface area is 162 Å². The van der Waals surface area contributed by atoms with E-state index in [1.807, 2.05) is 54.6 Å². The van der Waals surface area contributed by atoms with Gasteiger partial charge in [-0.3, -0.25) is 0 Å². The van der Waals surface area contributed by atoms with Crippen LogP contribution in [0, 0.1) is 0 Å². The van der Waals surface area contributed by atoms with Gasteiger partial charge in [0.25, 0.3) is 0 Å². The summed E-state index contributed by atoms with van der Waals surface area (Å²) < 4.78 is 16.5. The van der Waals surface area contributed by atoms with Crippen LogP contribution in [0.5, 0.6) is 17.2 Å². The van der Waals surface area contributed by atoms with Crippen LogP contribution in [0.4, 0.5) is 5.69 Å². The molecule has 140 valence electrons. The molecule has 3 aromatic carbocycles. The number of hydrogen-bond acceptors (Lipinski definition) is 5. The quantitative estimate of drug-likeness (QED) is 0.543. The molecular weight excluding hydrogens is 354 g/mol. The highest BCUT2D eigenvalue weighted by atomic mass is 16.5. The molecule has 0 saturated carbocycles. The van der Waals surface area contributed by atoms with Crippen molar-refractivity contribution in [1.29, 1.82) is 0 Å². The summed E-state index contributed by atoms with van der Waals surface area (Å²) in [5.74, 6) is 2.38. The Bertz CT molecular complexity index is 1180. The van der Waals surface area contributed by atoms with Gasteiger partial charge in [-0.15, -0.1) is 0 Å². The molecule has 0 amide bonds. The first-order valence-corrected chi connectivity index (χ1v) is 8.76. The fourth-order valence-electron chi connectivity index (χ4n) is 2.94. The Kier molecular flexibility index (Phi) is 4.72. The predicted molar refractivity (Wildman–Crippen MR) is 108 cm³/mol. The molecule has 0 radical (unpaired) electrons. The van der Waals surface area contributed by atoms with Crippen LogP contribution in [0.15, 0.2) is 82.2 Å². The van der Waals surface area contributed by atoms with E-state index >= 15 is 0 Å². The largest absolute Gasteiger partial charge is 0.508 e. The number of benzene rings is 3. The van der Waals surface area contributed by atoms with Gasteiger partial charge < -0.3 is 19.0 Å². The van der Waals surface area contributed by atoms with Crippen molar-refractivity contribution in [3.63, 3.8) is 0 Å². The maximum Gasteiger partial charge on any atom is 0.137 e. The van der Waals surface area contributed by atoms with Crippen LogP contribution < -0.4 is 14.8 Å². The van der Waals surface area contributed by atoms with E-state index in [4.69, 9.17) is 18.9 Å². The van der Waals surface area contributed by atoms with E-state index in [0.29, 0.717) is 16.7 Å². The lowest BCUT2D eigenvalue weighted by atomic mass is 10.1. The molecule has 1 N–H and O–H groups in total. The minimum Gasteiger partial charge on any atom is -0.508 e. The van der Waals surface area contributed by atoms with E-state index in [9.17, 15) is 5.11 Å². The Morgan fingerprint density at radius 1 is 0.786 bits per heavy atom. The maximum atomic E-state index is 9.92. The second-order valence-electron chi connectivity index (χ2n) is 6.21. The van der Waals surface area contributed by atoms with Crippen molar-refractivity contribution in [3.05, 3.63) is 78.2 Å². The highest BCUT2D eigenvalue weighted by Gasteiger charge is 2.08. The number of nitrogens with zero attached hydrogens (tertiary/aromatic N) is 1. The minimum absolute atomic E-state index is 0.158. The van der Waals surface area contributed by atoms with Crippen LogP contribution in [0.1, 0.15) is 0 Å². The topological polar surface area (TPSA) is 64.2 Å². The molecular formula is C23H19NO4. The van der Waals surface area contributed by atoms with Crippen LogP contribution in [0.2, 0.25) is 0 Å². The molecule has 0 fully saturated rings. The van der Waals surface area contributed by atoms with Gasteiger partial charge in [0, 0.05) is 17.0 Å². The monoisotopic (exact) mass is 373 g/mol. The number of methoxy groups -OCH3 is 2. The molecule has 0 aliphatic heterocycles. The zero-order valence-corrected chi connectivity index (χ0v) is 15.5. The Balaban J connectivity index is 1.91. The summed E-state index contributed by atoms with van der Waals surface area (Å²) >= 11 is 0. The molecule has 0 spiro atoms. The number of fused-ring (bicyclic) bond motifs is 1. The third-order valence-corrected chi connectivity index (χ3v) is 4.42. The summed E-state index contributed by atoms with van der Waals surface area (Å²) in [6.45, 7) is 0. The zero-order chi connectivity index (χ0) is 19.5. The number of phenols is 1. The molecule has 4 aromatic rings. The van der Waals surface area contributed by atoms with Crippen LogP contribution in [-0.2, 0) is 0 Å². The molecule has 5 heteroatoms. The van der Waals surface area contributed by atoms with Crippen molar-refractivity contribution in [2.24, 2.45) is 4.99 Å². The Hall–Kier alpha value is -3.73. The average Bonchev–Trinajstić information content (AvgIpc) is 2.74. The normalized spacial score (nSPS) is 11.6. The van der Waals surface area contributed by atoms with Gasteiger partial charge in [-0.25, -0.2) is 4.99 Å². The first kappa shape index (κ1) is 17.7. The third kappa shape index (κ3) is 3.55. The predicted octanol–water partition coefficient (Wildman–Crippen LogP) is 5.06. The number of ether oxygens (including phenoxy) is 2. The van der Waals surface area contributed by atoms with Crippen molar-refractivity contribution in [2.45, 2.75) is 0 Å². The molecule has 5 nitrogen and oxygen atoms in total. The molecule has 1 heterocycles. The van der Waals surface area contributed by atoms with Gasteiger partial charge >= 0.3 is 0 Å². The average molecular weight is 373 g/mol. The van der Waals surface area contributed by atoms with Gasteiger partial charge in [0.1, 0.15) is 28.6 Å². The van der Waals surface area contributed by atoms with Crippen LogP contribution in [-0.4, -0.2) is 19.3 Å². The van der Waals surface area contributed by atoms with Crippen LogP contribution in [0.25, 0.3) is 22.3 Å². The maximum absolute atomic E-state index is 9.92. The number of rotatable bonds is 4. The van der Waals surface area contributed by atoms with Gasteiger partial charge in [0.15, 0.2) is 0 Å². The van der Waals surface area contributed by atoms with E-state index in [0.717, 1.165) is 28.1 Å². The minimum atomic E-state index is 0.158. The number of aromatic hydroxyl groups is 1. The van der Waals surface area contributed by atoms with Crippen molar-refractivity contribution >= 4 is 16.7 Å². The van der Waals surface area contributed by atoms with Gasteiger partial charge in [0.2, 0.25) is 0 Å². The third-order valence-electron chi connectivity index (χ3n) is 4.42. The van der Waals surface area contributed by atoms with Gasteiger partial charge in [0.05, 0.1) is 25.3 Å². The van der Waals surface area contributed by atoms with Crippen molar-refractivity contribution < 1.29 is 19.0 Å². The van der Waals surface area contributed by atoms with E-state index in [-0.39, 0.29) is 5.75 Å². The highest BCUT2D eigenvalue weighted by Crippen LogP contribution is 2.26. The summed E-state index contributed by atoms with van der Waals surface area (Å²) in [6, 6.07) is 22.0. The summed E-state index contributed by atoms with van der Waals surface area (Å²) in [5, 5.41) is 11.4. The Morgan fingerprint density at radius 3 is 2.07 bits per heavy atom. The fraction of sp³-hybridized carbons (Fsp3) is 0.0870. The standard InChI is InChI=1S/C23H19NO4/c1-26-18-8-3-15(4-9-18)23-14-21(20-13-17(25)7-12-22(20)28-23)24-16-5-10-19(27-2)11-6-16/h3-14,25H,1-2H3. The fourth-order valence-corrected chi connectivity index (χ4v) is 2.94. The van der Waals surface area contributed by atoms with Gasteiger partial charge in [-0.2, -0.15) is 0 Å². The van der Waals surface area contributed by atoms with Gasteiger partial charge in [-0.05, 0) is 66.7 Å². The van der Waals surface area contributed by atoms with Crippen molar-refractivity contribution in [1.82, 2.24) is 0 Å². The van der Waals surface area contributed by atoms with E-state index in [1.165, 1.54) is 0 Å².